The Kier molecular flexibility index (Phi) is 2.72. The fourth-order valence-electron chi connectivity index (χ4n) is 2.33. The Morgan fingerprint density at radius 1 is 1.33 bits per heavy atom. The van der Waals surface area contributed by atoms with Crippen LogP contribution in [0.2, 0.25) is 0 Å². The minimum absolute atomic E-state index is 0.0944. The van der Waals surface area contributed by atoms with Crippen molar-refractivity contribution in [3.05, 3.63) is 48.4 Å². The van der Waals surface area contributed by atoms with E-state index in [0.29, 0.717) is 22.7 Å². The number of carbonyl (C=O) groups is 1. The zero-order chi connectivity index (χ0) is 15.1. The number of amides is 1. The van der Waals surface area contributed by atoms with Gasteiger partial charge in [0, 0.05) is 5.56 Å². The molecule has 1 aliphatic rings. The van der Waals surface area contributed by atoms with Crippen molar-refractivity contribution in [1.82, 2.24) is 0 Å². The Morgan fingerprint density at radius 3 is 2.76 bits per heavy atom. The van der Waals surface area contributed by atoms with Gasteiger partial charge in [0.1, 0.15) is 11.3 Å². The van der Waals surface area contributed by atoms with Crippen LogP contribution in [0.15, 0.2) is 42.8 Å². The summed E-state index contributed by atoms with van der Waals surface area (Å²) < 4.78 is 5.36. The van der Waals surface area contributed by atoms with Gasteiger partial charge in [0.2, 0.25) is 0 Å². The molecule has 0 radical (unpaired) electrons. The molecule has 0 saturated heterocycles. The molecule has 0 atom stereocenters. The monoisotopic (exact) mass is 283 g/mol. The highest BCUT2D eigenvalue weighted by atomic mass is 16.5. The van der Waals surface area contributed by atoms with Gasteiger partial charge in [-0.05, 0) is 30.3 Å². The van der Waals surface area contributed by atoms with Crippen molar-refractivity contribution in [3.8, 4) is 22.6 Å². The second-order valence-corrected chi connectivity index (χ2v) is 4.65. The molecule has 0 aromatic heterocycles. The van der Waals surface area contributed by atoms with E-state index in [4.69, 9.17) is 16.2 Å². The number of aromatic hydroxyl groups is 1. The Labute approximate surface area is 120 Å². The summed E-state index contributed by atoms with van der Waals surface area (Å²) >= 11 is 0. The van der Waals surface area contributed by atoms with Crippen LogP contribution in [0.5, 0.6) is 11.5 Å². The van der Waals surface area contributed by atoms with Gasteiger partial charge in [-0.25, -0.2) is 0 Å². The smallest absolute Gasteiger partial charge is 0.254 e. The lowest BCUT2D eigenvalue weighted by molar-refractivity contribution is 0.0999. The summed E-state index contributed by atoms with van der Waals surface area (Å²) in [7, 11) is 0. The Bertz CT molecular complexity index is 784. The third kappa shape index (κ3) is 2.02. The Balaban J connectivity index is 2.28. The maximum absolute atomic E-state index is 11.7. The molecule has 6 nitrogen and oxygen atoms in total. The summed E-state index contributed by atoms with van der Waals surface area (Å²) in [4.78, 5) is 11.7. The first-order valence-corrected chi connectivity index (χ1v) is 6.17. The minimum Gasteiger partial charge on any atom is -0.508 e. The molecule has 1 aliphatic heterocycles. The summed E-state index contributed by atoms with van der Waals surface area (Å²) in [6.07, 6.45) is 0. The zero-order valence-electron chi connectivity index (χ0n) is 11.0. The highest BCUT2D eigenvalue weighted by molar-refractivity contribution is 6.07. The molecule has 0 aliphatic carbocycles. The SMILES string of the molecule is C=C1Nc2cc(-c3cccc(O)c3)c(N)c(C(N)=O)c2O1. The van der Waals surface area contributed by atoms with Gasteiger partial charge in [0.15, 0.2) is 11.6 Å². The lowest BCUT2D eigenvalue weighted by atomic mass is 9.98. The average molecular weight is 283 g/mol. The highest BCUT2D eigenvalue weighted by Crippen LogP contribution is 2.44. The van der Waals surface area contributed by atoms with E-state index in [0.717, 1.165) is 0 Å². The van der Waals surface area contributed by atoms with Crippen LogP contribution in [-0.4, -0.2) is 11.0 Å². The Hall–Kier alpha value is -3.15. The zero-order valence-corrected chi connectivity index (χ0v) is 11.0. The number of hydrogen-bond donors (Lipinski definition) is 4. The number of phenolic OH excluding ortho intramolecular Hbond substituents is 1. The molecule has 0 spiro atoms. The molecule has 3 rings (SSSR count). The number of rotatable bonds is 2. The van der Waals surface area contributed by atoms with E-state index in [1.807, 2.05) is 0 Å². The van der Waals surface area contributed by atoms with E-state index in [2.05, 4.69) is 11.9 Å². The number of ether oxygens (including phenoxy) is 1. The maximum atomic E-state index is 11.7. The fraction of sp³-hybridized carbons (Fsp3) is 0. The van der Waals surface area contributed by atoms with Crippen LogP contribution < -0.4 is 21.5 Å². The average Bonchev–Trinajstić information content (AvgIpc) is 2.77. The molecule has 0 fully saturated rings. The van der Waals surface area contributed by atoms with Crippen molar-refractivity contribution in [1.29, 1.82) is 0 Å². The van der Waals surface area contributed by atoms with Gasteiger partial charge < -0.3 is 26.6 Å². The molecular formula is C15H13N3O3. The molecule has 6 heteroatoms. The summed E-state index contributed by atoms with van der Waals surface area (Å²) in [6, 6.07) is 8.28. The van der Waals surface area contributed by atoms with Gasteiger partial charge in [0.05, 0.1) is 11.4 Å². The number of hydrogen-bond acceptors (Lipinski definition) is 5. The van der Waals surface area contributed by atoms with Gasteiger partial charge in [-0.1, -0.05) is 12.1 Å². The van der Waals surface area contributed by atoms with Gasteiger partial charge in [-0.2, -0.15) is 0 Å². The number of benzene rings is 2. The van der Waals surface area contributed by atoms with Crippen LogP contribution >= 0.6 is 0 Å². The van der Waals surface area contributed by atoms with E-state index in [9.17, 15) is 9.90 Å². The van der Waals surface area contributed by atoms with Gasteiger partial charge in [0.25, 0.3) is 5.91 Å². The molecule has 106 valence electrons. The number of anilines is 2. The van der Waals surface area contributed by atoms with Crippen LogP contribution in [0.1, 0.15) is 10.4 Å². The summed E-state index contributed by atoms with van der Waals surface area (Å²) in [6.45, 7) is 3.65. The molecule has 0 bridgehead atoms. The number of nitrogens with two attached hydrogens (primary N) is 2. The lowest BCUT2D eigenvalue weighted by Crippen LogP contribution is -2.15. The summed E-state index contributed by atoms with van der Waals surface area (Å²) in [5, 5.41) is 12.5. The van der Waals surface area contributed by atoms with Crippen LogP contribution in [-0.2, 0) is 0 Å². The first-order chi connectivity index (χ1) is 9.97. The van der Waals surface area contributed by atoms with Crippen LogP contribution in [0.25, 0.3) is 11.1 Å². The topological polar surface area (TPSA) is 111 Å². The predicted molar refractivity (Wildman–Crippen MR) is 79.9 cm³/mol. The number of nitrogen functional groups attached to an aromatic ring is 1. The minimum atomic E-state index is -0.692. The predicted octanol–water partition coefficient (Wildman–Crippen LogP) is 2.02. The van der Waals surface area contributed by atoms with Crippen molar-refractivity contribution >= 4 is 17.3 Å². The van der Waals surface area contributed by atoms with Gasteiger partial charge in [-0.3, -0.25) is 4.79 Å². The Morgan fingerprint density at radius 2 is 2.10 bits per heavy atom. The first-order valence-electron chi connectivity index (χ1n) is 6.17. The fourth-order valence-corrected chi connectivity index (χ4v) is 2.33. The molecule has 1 heterocycles. The van der Waals surface area contributed by atoms with E-state index in [-0.39, 0.29) is 22.7 Å². The number of phenols is 1. The van der Waals surface area contributed by atoms with Crippen molar-refractivity contribution in [2.24, 2.45) is 5.73 Å². The van der Waals surface area contributed by atoms with E-state index < -0.39 is 5.91 Å². The summed E-state index contributed by atoms with van der Waals surface area (Å²) in [5.41, 5.74) is 13.6. The third-order valence-corrected chi connectivity index (χ3v) is 3.22. The van der Waals surface area contributed by atoms with E-state index >= 15 is 0 Å². The molecule has 21 heavy (non-hydrogen) atoms. The molecule has 1 amide bonds. The molecule has 2 aromatic rings. The van der Waals surface area contributed by atoms with Crippen molar-refractivity contribution in [2.45, 2.75) is 0 Å². The van der Waals surface area contributed by atoms with Crippen molar-refractivity contribution in [3.63, 3.8) is 0 Å². The third-order valence-electron chi connectivity index (χ3n) is 3.22. The molecular weight excluding hydrogens is 270 g/mol. The first kappa shape index (κ1) is 12.9. The molecule has 2 aromatic carbocycles. The van der Waals surface area contributed by atoms with E-state index in [1.165, 1.54) is 0 Å². The number of carbonyl (C=O) groups excluding carboxylic acids is 1. The number of fused-ring (bicyclic) bond motifs is 1. The number of nitrogens with one attached hydrogen (secondary N) is 1. The second kappa shape index (κ2) is 4.45. The molecule has 0 unspecified atom stereocenters. The number of primary amides is 1. The van der Waals surface area contributed by atoms with Gasteiger partial charge >= 0.3 is 0 Å². The van der Waals surface area contributed by atoms with E-state index in [1.54, 1.807) is 30.3 Å². The van der Waals surface area contributed by atoms with Crippen molar-refractivity contribution < 1.29 is 14.6 Å². The molecule has 0 saturated carbocycles. The van der Waals surface area contributed by atoms with Crippen LogP contribution in [0.3, 0.4) is 0 Å². The maximum Gasteiger partial charge on any atom is 0.254 e. The quantitative estimate of drug-likeness (QED) is 0.630. The summed E-state index contributed by atoms with van der Waals surface area (Å²) in [5.74, 6) is -0.0299. The standard InChI is InChI=1S/C15H13N3O3/c1-7-18-11-6-10(8-3-2-4-9(19)5-8)13(16)12(15(17)20)14(11)21-7/h2-6,18-19H,1,16H2,(H2,17,20). The lowest BCUT2D eigenvalue weighted by Gasteiger charge is -2.12. The highest BCUT2D eigenvalue weighted by Gasteiger charge is 2.27. The van der Waals surface area contributed by atoms with Gasteiger partial charge in [-0.15, -0.1) is 0 Å². The molecule has 6 N–H and O–H groups in total. The van der Waals surface area contributed by atoms with Crippen LogP contribution in [0, 0.1) is 0 Å². The normalized spacial score (nSPS) is 12.5. The van der Waals surface area contributed by atoms with Crippen LogP contribution in [0.4, 0.5) is 11.4 Å². The van der Waals surface area contributed by atoms with Crippen molar-refractivity contribution in [2.75, 3.05) is 11.1 Å². The second-order valence-electron chi connectivity index (χ2n) is 4.65. The largest absolute Gasteiger partial charge is 0.508 e.